The number of nitrogen functional groups attached to an aromatic ring is 1. The Labute approximate surface area is 80.2 Å². The van der Waals surface area contributed by atoms with Gasteiger partial charge in [-0.1, -0.05) is 12.1 Å². The zero-order chi connectivity index (χ0) is 9.42. The molecule has 0 aliphatic rings. The highest BCUT2D eigenvalue weighted by atomic mass is 32.1. The lowest BCUT2D eigenvalue weighted by molar-refractivity contribution is 1.51. The second-order valence-corrected chi connectivity index (χ2v) is 3.99. The Morgan fingerprint density at radius 3 is 2.92 bits per heavy atom. The summed E-state index contributed by atoms with van der Waals surface area (Å²) in [5.74, 6) is 0. The summed E-state index contributed by atoms with van der Waals surface area (Å²) in [6.45, 7) is 1.97. The second-order valence-electron chi connectivity index (χ2n) is 2.94. The lowest BCUT2D eigenvalue weighted by atomic mass is 10.1. The van der Waals surface area contributed by atoms with Crippen molar-refractivity contribution in [1.82, 2.24) is 0 Å². The van der Waals surface area contributed by atoms with Crippen molar-refractivity contribution in [1.29, 1.82) is 5.26 Å². The van der Waals surface area contributed by atoms with E-state index >= 15 is 0 Å². The zero-order valence-electron chi connectivity index (χ0n) is 7.16. The van der Waals surface area contributed by atoms with Gasteiger partial charge in [0.25, 0.3) is 0 Å². The van der Waals surface area contributed by atoms with Crippen LogP contribution < -0.4 is 5.73 Å². The highest BCUT2D eigenvalue weighted by Crippen LogP contribution is 2.31. The summed E-state index contributed by atoms with van der Waals surface area (Å²) < 4.78 is 1.02. The molecule has 64 valence electrons. The number of fused-ring (bicyclic) bond motifs is 1. The lowest BCUT2D eigenvalue weighted by Crippen LogP contribution is -1.87. The Morgan fingerprint density at radius 2 is 2.23 bits per heavy atom. The number of hydrogen-bond acceptors (Lipinski definition) is 3. The molecule has 0 aliphatic heterocycles. The predicted molar refractivity (Wildman–Crippen MR) is 55.7 cm³/mol. The molecule has 2 rings (SSSR count). The number of rotatable bonds is 0. The van der Waals surface area contributed by atoms with Gasteiger partial charge in [-0.2, -0.15) is 5.26 Å². The molecule has 0 spiro atoms. The molecule has 3 heteroatoms. The predicted octanol–water partition coefficient (Wildman–Crippen LogP) is 2.66. The molecule has 0 atom stereocenters. The molecule has 2 N–H and O–H groups in total. The molecular weight excluding hydrogens is 180 g/mol. The van der Waals surface area contributed by atoms with Gasteiger partial charge in [0.2, 0.25) is 0 Å². The highest BCUT2D eigenvalue weighted by Gasteiger charge is 2.05. The number of hydrogen-bond donors (Lipinski definition) is 1. The van der Waals surface area contributed by atoms with E-state index in [4.69, 9.17) is 11.0 Å². The quantitative estimate of drug-likeness (QED) is 0.646. The average Bonchev–Trinajstić information content (AvgIpc) is 2.55. The van der Waals surface area contributed by atoms with Crippen molar-refractivity contribution in [2.24, 2.45) is 0 Å². The number of benzene rings is 1. The number of thiophene rings is 1. The van der Waals surface area contributed by atoms with Gasteiger partial charge >= 0.3 is 0 Å². The lowest BCUT2D eigenvalue weighted by Gasteiger charge is -1.99. The Balaban J connectivity index is 2.86. The maximum atomic E-state index is 8.72. The first-order valence-electron chi connectivity index (χ1n) is 3.91. The molecule has 2 aromatic rings. The molecule has 1 aromatic heterocycles. The fraction of sp³-hybridized carbons (Fsp3) is 0.100. The molecule has 0 fully saturated rings. The second kappa shape index (κ2) is 2.75. The van der Waals surface area contributed by atoms with E-state index in [1.807, 2.05) is 25.1 Å². The van der Waals surface area contributed by atoms with Crippen LogP contribution >= 0.6 is 11.3 Å². The van der Waals surface area contributed by atoms with E-state index in [9.17, 15) is 0 Å². The van der Waals surface area contributed by atoms with Crippen LogP contribution in [0.4, 0.5) is 5.69 Å². The first-order valence-corrected chi connectivity index (χ1v) is 4.73. The first-order chi connectivity index (χ1) is 6.22. The van der Waals surface area contributed by atoms with Crippen molar-refractivity contribution in [3.05, 3.63) is 28.6 Å². The van der Waals surface area contributed by atoms with Crippen LogP contribution in [0.3, 0.4) is 0 Å². The van der Waals surface area contributed by atoms with Crippen LogP contribution in [-0.2, 0) is 0 Å². The summed E-state index contributed by atoms with van der Waals surface area (Å²) in [5.41, 5.74) is 7.75. The van der Waals surface area contributed by atoms with Crippen molar-refractivity contribution < 1.29 is 0 Å². The van der Waals surface area contributed by atoms with E-state index in [2.05, 4.69) is 6.07 Å². The van der Waals surface area contributed by atoms with E-state index < -0.39 is 0 Å². The van der Waals surface area contributed by atoms with Gasteiger partial charge in [0.05, 0.1) is 10.4 Å². The van der Waals surface area contributed by atoms with Gasteiger partial charge < -0.3 is 5.73 Å². The summed E-state index contributed by atoms with van der Waals surface area (Å²) in [6.07, 6.45) is 0. The number of nitriles is 1. The van der Waals surface area contributed by atoms with Crippen LogP contribution in [0.25, 0.3) is 10.1 Å². The topological polar surface area (TPSA) is 49.8 Å². The molecule has 1 aromatic carbocycles. The molecule has 0 saturated carbocycles. The van der Waals surface area contributed by atoms with Crippen molar-refractivity contribution in [3.8, 4) is 6.07 Å². The third-order valence-electron chi connectivity index (χ3n) is 2.05. The van der Waals surface area contributed by atoms with E-state index in [0.717, 1.165) is 21.3 Å². The van der Waals surface area contributed by atoms with Crippen LogP contribution in [0, 0.1) is 18.3 Å². The van der Waals surface area contributed by atoms with E-state index in [1.165, 1.54) is 11.3 Å². The zero-order valence-corrected chi connectivity index (χ0v) is 7.98. The fourth-order valence-corrected chi connectivity index (χ4v) is 2.25. The molecule has 0 aliphatic carbocycles. The monoisotopic (exact) mass is 188 g/mol. The maximum Gasteiger partial charge on any atom is 0.110 e. The Morgan fingerprint density at radius 1 is 1.46 bits per heavy atom. The van der Waals surface area contributed by atoms with E-state index in [-0.39, 0.29) is 0 Å². The van der Waals surface area contributed by atoms with Crippen molar-refractivity contribution >= 4 is 27.1 Å². The van der Waals surface area contributed by atoms with Gasteiger partial charge in [-0.3, -0.25) is 0 Å². The van der Waals surface area contributed by atoms with Gasteiger partial charge in [0, 0.05) is 0 Å². The number of nitrogens with two attached hydrogens (primary N) is 1. The van der Waals surface area contributed by atoms with Crippen molar-refractivity contribution in [3.63, 3.8) is 0 Å². The molecular formula is C10H8N2S. The minimum Gasteiger partial charge on any atom is -0.397 e. The maximum absolute atomic E-state index is 8.72. The molecule has 13 heavy (non-hydrogen) atoms. The summed E-state index contributed by atoms with van der Waals surface area (Å²) in [5, 5.41) is 9.78. The first kappa shape index (κ1) is 8.09. The number of nitrogens with zero attached hydrogens (tertiary/aromatic N) is 1. The standard InChI is InChI=1S/C10H8N2S/c1-6-2-3-7-4-8(5-11)13-10(7)9(6)12/h2-4H,12H2,1H3. The normalized spacial score (nSPS) is 10.2. The third kappa shape index (κ3) is 1.16. The smallest absolute Gasteiger partial charge is 0.110 e. The summed E-state index contributed by atoms with van der Waals surface area (Å²) in [4.78, 5) is 0.715. The minimum absolute atomic E-state index is 0.715. The van der Waals surface area contributed by atoms with Crippen molar-refractivity contribution in [2.75, 3.05) is 5.73 Å². The van der Waals surface area contributed by atoms with Crippen molar-refractivity contribution in [2.45, 2.75) is 6.92 Å². The molecule has 0 saturated heterocycles. The molecule has 0 unspecified atom stereocenters. The summed E-state index contributed by atoms with van der Waals surface area (Å²) in [7, 11) is 0. The molecule has 0 bridgehead atoms. The largest absolute Gasteiger partial charge is 0.397 e. The van der Waals surface area contributed by atoms with Crippen LogP contribution in [0.2, 0.25) is 0 Å². The van der Waals surface area contributed by atoms with Gasteiger partial charge in [-0.25, -0.2) is 0 Å². The SMILES string of the molecule is Cc1ccc2cc(C#N)sc2c1N. The van der Waals surface area contributed by atoms with Crippen LogP contribution in [0.1, 0.15) is 10.4 Å². The third-order valence-corrected chi connectivity index (χ3v) is 3.14. The highest BCUT2D eigenvalue weighted by molar-refractivity contribution is 7.20. The Kier molecular flexibility index (Phi) is 1.71. The average molecular weight is 188 g/mol. The van der Waals surface area contributed by atoms with E-state index in [1.54, 1.807) is 0 Å². The number of anilines is 1. The summed E-state index contributed by atoms with van der Waals surface area (Å²) >= 11 is 1.45. The van der Waals surface area contributed by atoms with E-state index in [0.29, 0.717) is 4.88 Å². The fourth-order valence-electron chi connectivity index (χ4n) is 1.28. The Hall–Kier alpha value is -1.53. The molecule has 0 amide bonds. The minimum atomic E-state index is 0.715. The molecule has 0 radical (unpaired) electrons. The van der Waals surface area contributed by atoms with Gasteiger partial charge in [-0.15, -0.1) is 11.3 Å². The number of aryl methyl sites for hydroxylation is 1. The van der Waals surface area contributed by atoms with Gasteiger partial charge in [0.15, 0.2) is 0 Å². The van der Waals surface area contributed by atoms with Gasteiger partial charge in [-0.05, 0) is 23.9 Å². The Bertz CT molecular complexity index is 505. The molecule has 2 nitrogen and oxygen atoms in total. The van der Waals surface area contributed by atoms with Gasteiger partial charge in [0.1, 0.15) is 10.9 Å². The van der Waals surface area contributed by atoms with Crippen LogP contribution in [-0.4, -0.2) is 0 Å². The summed E-state index contributed by atoms with van der Waals surface area (Å²) in [6, 6.07) is 7.97. The van der Waals surface area contributed by atoms with Crippen LogP contribution in [0.15, 0.2) is 18.2 Å². The molecule has 1 heterocycles. The van der Waals surface area contributed by atoms with Crippen LogP contribution in [0.5, 0.6) is 0 Å².